The van der Waals surface area contributed by atoms with Crippen molar-refractivity contribution in [3.63, 3.8) is 0 Å². The first-order valence-electron chi connectivity index (χ1n) is 11.4. The molecule has 0 aromatic heterocycles. The van der Waals surface area contributed by atoms with Gasteiger partial charge in [0, 0.05) is 12.5 Å². The van der Waals surface area contributed by atoms with E-state index in [4.69, 9.17) is 9.84 Å². The van der Waals surface area contributed by atoms with Gasteiger partial charge in [0.2, 0.25) is 0 Å². The van der Waals surface area contributed by atoms with Crippen LogP contribution in [0.1, 0.15) is 29.9 Å². The van der Waals surface area contributed by atoms with E-state index in [0.717, 1.165) is 22.3 Å². The van der Waals surface area contributed by atoms with E-state index in [9.17, 15) is 14.4 Å². The zero-order valence-electron chi connectivity index (χ0n) is 19.0. The smallest absolute Gasteiger partial charge is 0.407 e. The van der Waals surface area contributed by atoms with Crippen molar-refractivity contribution in [2.45, 2.75) is 30.7 Å². The highest BCUT2D eigenvalue weighted by Gasteiger charge is 2.56. The number of benzene rings is 2. The first-order valence-corrected chi connectivity index (χ1v) is 11.4. The zero-order chi connectivity index (χ0) is 25.2. The summed E-state index contributed by atoms with van der Waals surface area (Å²) < 4.78 is 35.8. The summed E-state index contributed by atoms with van der Waals surface area (Å²) in [6.07, 6.45) is 0.946. The molecule has 0 saturated heterocycles. The number of rotatable bonds is 10. The Hall–Kier alpha value is -3.75. The molecule has 1 saturated carbocycles. The summed E-state index contributed by atoms with van der Waals surface area (Å²) in [6.45, 7) is 2.07. The molecule has 2 aromatic carbocycles. The predicted octanol–water partition coefficient (Wildman–Crippen LogP) is 4.04. The summed E-state index contributed by atoms with van der Waals surface area (Å²) in [4.78, 5) is 36.7. The van der Waals surface area contributed by atoms with Crippen molar-refractivity contribution in [2.24, 2.45) is 5.92 Å². The maximum absolute atomic E-state index is 15.2. The third kappa shape index (κ3) is 5.03. The fraction of sp³-hybridized carbons (Fsp3) is 0.346. The van der Waals surface area contributed by atoms with Crippen LogP contribution in [0.15, 0.2) is 61.2 Å². The van der Waals surface area contributed by atoms with Gasteiger partial charge < -0.3 is 20.1 Å². The van der Waals surface area contributed by atoms with Gasteiger partial charge in [0.25, 0.3) is 5.91 Å². The maximum atomic E-state index is 15.2. The number of nitrogens with one attached hydrogen (secondary N) is 1. The minimum Gasteiger partial charge on any atom is -0.480 e. The van der Waals surface area contributed by atoms with E-state index < -0.39 is 42.4 Å². The number of hydrogen-bond acceptors (Lipinski definition) is 4. The Kier molecular flexibility index (Phi) is 6.86. The lowest BCUT2D eigenvalue weighted by Crippen LogP contribution is -2.58. The number of alkyl carbamates (subject to hydrolysis) is 1. The molecule has 9 heteroatoms. The lowest BCUT2D eigenvalue weighted by atomic mass is 9.98. The molecule has 2 aromatic rings. The molecule has 0 heterocycles. The third-order valence-electron chi connectivity index (χ3n) is 6.35. The lowest BCUT2D eigenvalue weighted by Gasteiger charge is -2.31. The minimum absolute atomic E-state index is 0.0572. The first kappa shape index (κ1) is 24.4. The van der Waals surface area contributed by atoms with E-state index in [1.54, 1.807) is 0 Å². The van der Waals surface area contributed by atoms with Crippen molar-refractivity contribution in [1.29, 1.82) is 0 Å². The van der Waals surface area contributed by atoms with E-state index in [1.165, 1.54) is 6.08 Å². The van der Waals surface area contributed by atoms with Gasteiger partial charge in [-0.2, -0.15) is 8.78 Å². The Morgan fingerprint density at radius 2 is 1.69 bits per heavy atom. The lowest BCUT2D eigenvalue weighted by molar-refractivity contribution is -0.165. The number of nitrogens with zero attached hydrogens (tertiary/aromatic N) is 1. The van der Waals surface area contributed by atoms with Gasteiger partial charge in [-0.05, 0) is 41.0 Å². The molecule has 0 radical (unpaired) electrons. The van der Waals surface area contributed by atoms with Gasteiger partial charge in [-0.15, -0.1) is 6.58 Å². The van der Waals surface area contributed by atoms with Crippen LogP contribution < -0.4 is 5.32 Å². The van der Waals surface area contributed by atoms with Gasteiger partial charge >= 0.3 is 18.0 Å². The normalized spacial score (nSPS) is 15.5. The van der Waals surface area contributed by atoms with Crippen LogP contribution in [0.25, 0.3) is 11.1 Å². The Morgan fingerprint density at radius 1 is 1.11 bits per heavy atom. The largest absolute Gasteiger partial charge is 0.480 e. The van der Waals surface area contributed by atoms with E-state index in [0.29, 0.717) is 17.7 Å². The van der Waals surface area contributed by atoms with Crippen LogP contribution in [-0.4, -0.2) is 59.6 Å². The Labute approximate surface area is 201 Å². The van der Waals surface area contributed by atoms with Crippen molar-refractivity contribution in [3.8, 4) is 11.1 Å². The van der Waals surface area contributed by atoms with E-state index in [2.05, 4.69) is 11.9 Å². The number of carbonyl (C=O) groups is 3. The molecule has 1 fully saturated rings. The van der Waals surface area contributed by atoms with Crippen LogP contribution in [0.4, 0.5) is 13.6 Å². The van der Waals surface area contributed by atoms with Crippen LogP contribution in [0, 0.1) is 5.92 Å². The number of carbonyl (C=O) groups excluding carboxylic acids is 2. The predicted molar refractivity (Wildman–Crippen MR) is 124 cm³/mol. The highest BCUT2D eigenvalue weighted by Crippen LogP contribution is 2.45. The number of hydrogen-bond donors (Lipinski definition) is 2. The quantitative estimate of drug-likeness (QED) is 0.497. The van der Waals surface area contributed by atoms with Gasteiger partial charge in [-0.25, -0.2) is 4.79 Å². The molecule has 0 aliphatic heterocycles. The molecule has 0 spiro atoms. The SMILES string of the molecule is C=CCN(CC(=O)O)C(=O)C(F)(F)C(NC(=O)OCC1c2ccccc2-c2ccccc21)C1CC1. The Bertz CT molecular complexity index is 1100. The van der Waals surface area contributed by atoms with Gasteiger partial charge in [-0.3, -0.25) is 9.59 Å². The second-order valence-corrected chi connectivity index (χ2v) is 8.78. The molecule has 7 nitrogen and oxygen atoms in total. The monoisotopic (exact) mass is 484 g/mol. The van der Waals surface area contributed by atoms with Gasteiger partial charge in [0.15, 0.2) is 0 Å². The first-order chi connectivity index (χ1) is 16.7. The molecule has 1 unspecified atom stereocenters. The van der Waals surface area contributed by atoms with Crippen molar-refractivity contribution in [2.75, 3.05) is 19.7 Å². The van der Waals surface area contributed by atoms with Crippen LogP contribution >= 0.6 is 0 Å². The fourth-order valence-corrected chi connectivity index (χ4v) is 4.58. The molecule has 1 atom stereocenters. The fourth-order valence-electron chi connectivity index (χ4n) is 4.58. The number of carboxylic acids is 1. The number of aliphatic carboxylic acids is 1. The molecule has 4 rings (SSSR count). The summed E-state index contributed by atoms with van der Waals surface area (Å²) in [7, 11) is 0. The van der Waals surface area contributed by atoms with E-state index >= 15 is 8.78 Å². The zero-order valence-corrected chi connectivity index (χ0v) is 19.0. The van der Waals surface area contributed by atoms with Crippen molar-refractivity contribution < 1.29 is 33.0 Å². The molecular formula is C26H26F2N2O5. The number of amides is 2. The highest BCUT2D eigenvalue weighted by atomic mass is 19.3. The second-order valence-electron chi connectivity index (χ2n) is 8.78. The topological polar surface area (TPSA) is 95.9 Å². The summed E-state index contributed by atoms with van der Waals surface area (Å²) in [5.41, 5.74) is 4.03. The highest BCUT2D eigenvalue weighted by molar-refractivity contribution is 5.88. The number of ether oxygens (including phenoxy) is 1. The maximum Gasteiger partial charge on any atom is 0.407 e. The summed E-state index contributed by atoms with van der Waals surface area (Å²) in [5.74, 6) is -7.96. The molecule has 184 valence electrons. The number of alkyl halides is 2. The average Bonchev–Trinajstić information content (AvgIpc) is 3.62. The van der Waals surface area contributed by atoms with Gasteiger partial charge in [0.05, 0.1) is 0 Å². The molecule has 2 amide bonds. The molecule has 35 heavy (non-hydrogen) atoms. The molecule has 0 bridgehead atoms. The minimum atomic E-state index is -4.01. The van der Waals surface area contributed by atoms with Crippen molar-refractivity contribution in [1.82, 2.24) is 10.2 Å². The molecule has 2 aliphatic rings. The average molecular weight is 484 g/mol. The van der Waals surface area contributed by atoms with Crippen LogP contribution in [0.2, 0.25) is 0 Å². The van der Waals surface area contributed by atoms with Gasteiger partial charge in [0.1, 0.15) is 19.2 Å². The van der Waals surface area contributed by atoms with Crippen molar-refractivity contribution in [3.05, 3.63) is 72.3 Å². The van der Waals surface area contributed by atoms with Crippen molar-refractivity contribution >= 4 is 18.0 Å². The summed E-state index contributed by atoms with van der Waals surface area (Å²) >= 11 is 0. The molecule has 2 aliphatic carbocycles. The second kappa shape index (κ2) is 9.85. The summed E-state index contributed by atoms with van der Waals surface area (Å²) in [6, 6.07) is 13.7. The molecule has 2 N–H and O–H groups in total. The van der Waals surface area contributed by atoms with E-state index in [1.807, 2.05) is 48.5 Å². The van der Waals surface area contributed by atoms with Crippen LogP contribution in [-0.2, 0) is 14.3 Å². The summed E-state index contributed by atoms with van der Waals surface area (Å²) in [5, 5.41) is 11.2. The van der Waals surface area contributed by atoms with Crippen LogP contribution in [0.5, 0.6) is 0 Å². The Balaban J connectivity index is 1.46. The number of fused-ring (bicyclic) bond motifs is 3. The third-order valence-corrected chi connectivity index (χ3v) is 6.35. The van der Waals surface area contributed by atoms with Gasteiger partial charge in [-0.1, -0.05) is 54.6 Å². The molecular weight excluding hydrogens is 458 g/mol. The Morgan fingerprint density at radius 3 is 2.20 bits per heavy atom. The van der Waals surface area contributed by atoms with E-state index in [-0.39, 0.29) is 19.1 Å². The number of carboxylic acid groups (broad SMARTS) is 1. The number of halogens is 2. The van der Waals surface area contributed by atoms with Crippen LogP contribution in [0.3, 0.4) is 0 Å². The standard InChI is InChI=1S/C26H26F2N2O5/c1-2-13-30(14-22(31)32)24(33)26(27,28)23(16-11-12-16)29-25(34)35-15-21-19-9-5-3-7-17(19)18-8-4-6-10-20(18)21/h2-10,16,21,23H,1,11-15H2,(H,29,34)(H,31,32).